The lowest BCUT2D eigenvalue weighted by Gasteiger charge is -1.92. The smallest absolute Gasteiger partial charge is 0.284 e. The molecule has 1 rings (SSSR count). The summed E-state index contributed by atoms with van der Waals surface area (Å²) in [6, 6.07) is 6.43. The molecule has 0 saturated heterocycles. The number of nitro benzene ring substituents is 1. The largest absolute Gasteiger partial charge is 0.344 e. The van der Waals surface area contributed by atoms with Crippen molar-refractivity contribution in [2.75, 3.05) is 0 Å². The van der Waals surface area contributed by atoms with Crippen molar-refractivity contribution in [3.8, 4) is 11.8 Å². The van der Waals surface area contributed by atoms with E-state index < -0.39 is 4.92 Å². The Morgan fingerprint density at radius 3 is 2.54 bits per heavy atom. The van der Waals surface area contributed by atoms with E-state index >= 15 is 0 Å². The zero-order chi connectivity index (χ0) is 8.97. The maximum Gasteiger partial charge on any atom is 0.284 e. The van der Waals surface area contributed by atoms with E-state index in [1.54, 1.807) is 25.1 Å². The molecule has 0 fully saturated rings. The van der Waals surface area contributed by atoms with E-state index in [1.165, 1.54) is 6.07 Å². The Hall–Kier alpha value is -1.86. The van der Waals surface area contributed by atoms with Crippen molar-refractivity contribution in [2.45, 2.75) is 6.92 Å². The quantitative estimate of drug-likeness (QED) is 0.406. The van der Waals surface area contributed by atoms with E-state index in [4.69, 9.17) is 0 Å². The number of rotatable bonds is 1. The van der Waals surface area contributed by atoms with Crippen molar-refractivity contribution < 1.29 is 4.92 Å². The maximum absolute atomic E-state index is 10.4. The first kappa shape index (κ1) is 11.1. The highest BCUT2D eigenvalue weighted by Gasteiger charge is 2.08. The lowest BCUT2D eigenvalue weighted by molar-refractivity contribution is -0.385. The van der Waals surface area contributed by atoms with Gasteiger partial charge in [0.15, 0.2) is 0 Å². The van der Waals surface area contributed by atoms with Gasteiger partial charge in [0, 0.05) is 6.07 Å². The van der Waals surface area contributed by atoms with Crippen LogP contribution >= 0.6 is 0 Å². The average Bonchev–Trinajstić information content (AvgIpc) is 2.05. The van der Waals surface area contributed by atoms with Crippen LogP contribution in [-0.4, -0.2) is 4.92 Å². The molecule has 0 amide bonds. The van der Waals surface area contributed by atoms with Crippen LogP contribution in [0.2, 0.25) is 0 Å². The molecule has 1 aromatic carbocycles. The number of para-hydroxylation sites is 1. The molecule has 0 unspecified atom stereocenters. The molecule has 0 saturated carbocycles. The van der Waals surface area contributed by atoms with Crippen molar-refractivity contribution in [3.05, 3.63) is 39.9 Å². The molecule has 3 N–H and O–H groups in total. The summed E-state index contributed by atoms with van der Waals surface area (Å²) in [5.74, 6) is 5.29. The second-order valence-corrected chi connectivity index (χ2v) is 2.15. The van der Waals surface area contributed by atoms with Gasteiger partial charge in [-0.2, -0.15) is 0 Å². The molecular formula is C9H10N2O2. The highest BCUT2D eigenvalue weighted by Crippen LogP contribution is 2.15. The molecule has 0 aliphatic carbocycles. The van der Waals surface area contributed by atoms with Gasteiger partial charge in [-0.1, -0.05) is 18.1 Å². The van der Waals surface area contributed by atoms with E-state index in [0.717, 1.165) is 0 Å². The monoisotopic (exact) mass is 178 g/mol. The molecule has 0 bridgehead atoms. The normalized spacial score (nSPS) is 7.77. The standard InChI is InChI=1S/C9H7NO2.H3N/c1-2-5-8-6-3-4-7-9(8)10(11)12;/h3-4,6-7H,1H3;1H3. The molecule has 0 radical (unpaired) electrons. The van der Waals surface area contributed by atoms with Gasteiger partial charge < -0.3 is 6.15 Å². The van der Waals surface area contributed by atoms with Crippen molar-refractivity contribution >= 4 is 5.69 Å². The summed E-state index contributed by atoms with van der Waals surface area (Å²) in [7, 11) is 0. The SMILES string of the molecule is CC#Cc1ccccc1[N+](=O)[O-].N. The lowest BCUT2D eigenvalue weighted by Crippen LogP contribution is -1.90. The molecule has 0 atom stereocenters. The fraction of sp³-hybridized carbons (Fsp3) is 0.111. The summed E-state index contributed by atoms with van der Waals surface area (Å²) in [4.78, 5) is 10.0. The predicted octanol–water partition coefficient (Wildman–Crippen LogP) is 2.13. The van der Waals surface area contributed by atoms with Crippen molar-refractivity contribution in [1.29, 1.82) is 0 Å². The van der Waals surface area contributed by atoms with Gasteiger partial charge in [0.1, 0.15) is 5.56 Å². The van der Waals surface area contributed by atoms with Crippen LogP contribution in [0, 0.1) is 22.0 Å². The highest BCUT2D eigenvalue weighted by molar-refractivity contribution is 5.50. The van der Waals surface area contributed by atoms with Gasteiger partial charge in [0.2, 0.25) is 0 Å². The van der Waals surface area contributed by atoms with Crippen molar-refractivity contribution in [3.63, 3.8) is 0 Å². The molecule has 4 nitrogen and oxygen atoms in total. The van der Waals surface area contributed by atoms with Gasteiger partial charge in [-0.15, -0.1) is 5.92 Å². The third-order valence-electron chi connectivity index (χ3n) is 1.36. The van der Waals surface area contributed by atoms with Crippen LogP contribution in [-0.2, 0) is 0 Å². The van der Waals surface area contributed by atoms with E-state index in [2.05, 4.69) is 11.8 Å². The van der Waals surface area contributed by atoms with Crippen LogP contribution in [0.3, 0.4) is 0 Å². The summed E-state index contributed by atoms with van der Waals surface area (Å²) in [5, 5.41) is 10.4. The Balaban J connectivity index is 0.00000144. The number of hydrogen-bond donors (Lipinski definition) is 1. The number of hydrogen-bond acceptors (Lipinski definition) is 3. The Kier molecular flexibility index (Phi) is 4.20. The van der Waals surface area contributed by atoms with Gasteiger partial charge in [0.25, 0.3) is 5.69 Å². The Morgan fingerprint density at radius 2 is 2.00 bits per heavy atom. The summed E-state index contributed by atoms with van der Waals surface area (Å²) >= 11 is 0. The molecule has 68 valence electrons. The first-order valence-corrected chi connectivity index (χ1v) is 3.42. The second kappa shape index (κ2) is 4.91. The van der Waals surface area contributed by atoms with Crippen LogP contribution in [0.4, 0.5) is 5.69 Å². The first-order valence-electron chi connectivity index (χ1n) is 3.42. The van der Waals surface area contributed by atoms with E-state index in [1.807, 2.05) is 0 Å². The van der Waals surface area contributed by atoms with Crippen molar-refractivity contribution in [1.82, 2.24) is 6.15 Å². The molecule has 1 aromatic rings. The topological polar surface area (TPSA) is 78.1 Å². The molecule has 0 spiro atoms. The van der Waals surface area contributed by atoms with E-state index in [9.17, 15) is 10.1 Å². The van der Waals surface area contributed by atoms with Crippen LogP contribution in [0.15, 0.2) is 24.3 Å². The summed E-state index contributed by atoms with van der Waals surface area (Å²) in [6.45, 7) is 1.65. The van der Waals surface area contributed by atoms with Gasteiger partial charge in [-0.25, -0.2) is 0 Å². The van der Waals surface area contributed by atoms with Gasteiger partial charge in [0.05, 0.1) is 4.92 Å². The van der Waals surface area contributed by atoms with Crippen LogP contribution in [0.25, 0.3) is 0 Å². The summed E-state index contributed by atoms with van der Waals surface area (Å²) < 4.78 is 0. The second-order valence-electron chi connectivity index (χ2n) is 2.15. The highest BCUT2D eigenvalue weighted by atomic mass is 16.6. The Morgan fingerprint density at radius 1 is 1.38 bits per heavy atom. The number of nitrogens with zero attached hydrogens (tertiary/aromatic N) is 1. The third-order valence-corrected chi connectivity index (χ3v) is 1.36. The van der Waals surface area contributed by atoms with Gasteiger partial charge in [-0.05, 0) is 13.0 Å². The molecule has 0 aliphatic rings. The molecule has 0 aromatic heterocycles. The third kappa shape index (κ3) is 2.58. The fourth-order valence-corrected chi connectivity index (χ4v) is 0.873. The molecule has 4 heteroatoms. The maximum atomic E-state index is 10.4. The summed E-state index contributed by atoms with van der Waals surface area (Å²) in [5.41, 5.74) is 0.525. The van der Waals surface area contributed by atoms with E-state index in [-0.39, 0.29) is 11.8 Å². The van der Waals surface area contributed by atoms with Crippen molar-refractivity contribution in [2.24, 2.45) is 0 Å². The zero-order valence-corrected chi connectivity index (χ0v) is 7.28. The minimum Gasteiger partial charge on any atom is -0.344 e. The zero-order valence-electron chi connectivity index (χ0n) is 7.28. The molecular weight excluding hydrogens is 168 g/mol. The van der Waals surface area contributed by atoms with E-state index in [0.29, 0.717) is 5.56 Å². The lowest BCUT2D eigenvalue weighted by atomic mass is 10.2. The van der Waals surface area contributed by atoms with Gasteiger partial charge >= 0.3 is 0 Å². The Bertz CT molecular complexity index is 363. The minimum atomic E-state index is -0.431. The van der Waals surface area contributed by atoms with Crippen LogP contribution < -0.4 is 6.15 Å². The number of nitro groups is 1. The van der Waals surface area contributed by atoms with Crippen LogP contribution in [0.5, 0.6) is 0 Å². The fourth-order valence-electron chi connectivity index (χ4n) is 0.873. The summed E-state index contributed by atoms with van der Waals surface area (Å²) in [6.07, 6.45) is 0. The Labute approximate surface area is 76.3 Å². The molecule has 0 heterocycles. The molecule has 0 aliphatic heterocycles. The predicted molar refractivity (Wildman–Crippen MR) is 50.7 cm³/mol. The minimum absolute atomic E-state index is 0. The first-order chi connectivity index (χ1) is 5.75. The average molecular weight is 178 g/mol. The van der Waals surface area contributed by atoms with Crippen LogP contribution in [0.1, 0.15) is 12.5 Å². The number of benzene rings is 1. The van der Waals surface area contributed by atoms with Gasteiger partial charge in [-0.3, -0.25) is 10.1 Å². The molecule has 13 heavy (non-hydrogen) atoms.